The Morgan fingerprint density at radius 2 is 0.765 bits per heavy atom. The Balaban J connectivity index is 1.98. The third-order valence-electron chi connectivity index (χ3n) is 5.80. The van der Waals surface area contributed by atoms with Crippen LogP contribution in [0.4, 0.5) is 5.69 Å². The highest BCUT2D eigenvalue weighted by atomic mass is 31.2. The molecule has 0 atom stereocenters. The molecule has 0 bridgehead atoms. The highest BCUT2D eigenvalue weighted by Crippen LogP contribution is 2.48. The summed E-state index contributed by atoms with van der Waals surface area (Å²) in [6.07, 6.45) is 0. The van der Waals surface area contributed by atoms with Crippen molar-refractivity contribution in [1.82, 2.24) is 0 Å². The van der Waals surface area contributed by atoms with Crippen molar-refractivity contribution in [2.75, 3.05) is 0 Å². The van der Waals surface area contributed by atoms with Gasteiger partial charge in [-0.3, -0.25) is 0 Å². The van der Waals surface area contributed by atoms with Crippen molar-refractivity contribution in [2.45, 2.75) is 0 Å². The number of hydrogen-bond acceptors (Lipinski definition) is 1. The maximum Gasteiger partial charge on any atom is 0.101 e. The molecule has 5 aromatic rings. The number of azo groups is 1. The minimum absolute atomic E-state index is 0.836. The molecular formula is C31H25N2P. The van der Waals surface area contributed by atoms with Crippen molar-refractivity contribution in [3.8, 4) is 0 Å². The first kappa shape index (κ1) is 21.8. The molecule has 0 heterocycles. The van der Waals surface area contributed by atoms with E-state index < -0.39 is 6.89 Å². The fourth-order valence-corrected chi connectivity index (χ4v) is 8.48. The van der Waals surface area contributed by atoms with E-state index in [-0.39, 0.29) is 0 Å². The second-order valence-electron chi connectivity index (χ2n) is 7.90. The SMILES string of the molecule is c1ccc(N=NC(c2ccccc2)=P(c2ccccc2)(c2ccccc2)c2ccccc2)cc1. The van der Waals surface area contributed by atoms with E-state index in [0.29, 0.717) is 0 Å². The minimum atomic E-state index is -2.37. The summed E-state index contributed by atoms with van der Waals surface area (Å²) in [5.74, 6) is 0. The molecule has 0 amide bonds. The molecule has 2 nitrogen and oxygen atoms in total. The van der Waals surface area contributed by atoms with E-state index in [1.54, 1.807) is 0 Å². The molecule has 164 valence electrons. The van der Waals surface area contributed by atoms with E-state index in [4.69, 9.17) is 10.2 Å². The average molecular weight is 457 g/mol. The number of nitrogens with zero attached hydrogens (tertiary/aromatic N) is 2. The minimum Gasteiger partial charge on any atom is -0.150 e. The molecule has 0 radical (unpaired) electrons. The zero-order chi connectivity index (χ0) is 23.1. The fourth-order valence-electron chi connectivity index (χ4n) is 4.27. The van der Waals surface area contributed by atoms with Gasteiger partial charge in [-0.1, -0.05) is 140 Å². The van der Waals surface area contributed by atoms with Crippen molar-refractivity contribution < 1.29 is 0 Å². The predicted molar refractivity (Wildman–Crippen MR) is 147 cm³/mol. The van der Waals surface area contributed by atoms with Crippen molar-refractivity contribution in [1.29, 1.82) is 0 Å². The summed E-state index contributed by atoms with van der Waals surface area (Å²) in [5, 5.41) is 13.5. The van der Waals surface area contributed by atoms with Gasteiger partial charge in [0.25, 0.3) is 0 Å². The summed E-state index contributed by atoms with van der Waals surface area (Å²) in [7, 11) is 0. The van der Waals surface area contributed by atoms with Crippen LogP contribution in [-0.2, 0) is 0 Å². The third kappa shape index (κ3) is 4.29. The maximum atomic E-state index is 5.06. The second kappa shape index (κ2) is 10.3. The lowest BCUT2D eigenvalue weighted by Crippen LogP contribution is -2.30. The summed E-state index contributed by atoms with van der Waals surface area (Å²) in [5.41, 5.74) is 2.90. The lowest BCUT2D eigenvalue weighted by molar-refractivity contribution is 1.29. The van der Waals surface area contributed by atoms with Crippen molar-refractivity contribution >= 4 is 33.9 Å². The Morgan fingerprint density at radius 1 is 0.412 bits per heavy atom. The van der Waals surface area contributed by atoms with Crippen LogP contribution in [0.5, 0.6) is 0 Å². The Hall–Kier alpha value is -4.00. The third-order valence-corrected chi connectivity index (χ3v) is 10.00. The van der Waals surface area contributed by atoms with Gasteiger partial charge >= 0.3 is 0 Å². The van der Waals surface area contributed by atoms with Crippen LogP contribution in [0.15, 0.2) is 162 Å². The lowest BCUT2D eigenvalue weighted by atomic mass is 10.2. The molecule has 0 aliphatic rings. The van der Waals surface area contributed by atoms with Crippen LogP contribution in [0, 0.1) is 0 Å². The van der Waals surface area contributed by atoms with Crippen LogP contribution >= 0.6 is 6.89 Å². The molecule has 0 N–H and O–H groups in total. The van der Waals surface area contributed by atoms with Crippen LogP contribution in [-0.4, -0.2) is 5.42 Å². The molecule has 0 fully saturated rings. The summed E-state index contributed by atoms with van der Waals surface area (Å²) >= 11 is 0. The van der Waals surface area contributed by atoms with Gasteiger partial charge in [0.2, 0.25) is 0 Å². The number of hydrogen-bond donors (Lipinski definition) is 0. The summed E-state index contributed by atoms with van der Waals surface area (Å²) in [6.45, 7) is -2.37. The van der Waals surface area contributed by atoms with E-state index in [0.717, 1.165) is 16.7 Å². The van der Waals surface area contributed by atoms with Gasteiger partial charge in [0.05, 0.1) is 5.69 Å². The van der Waals surface area contributed by atoms with E-state index >= 15 is 0 Å². The van der Waals surface area contributed by atoms with Crippen LogP contribution in [0.2, 0.25) is 0 Å². The molecule has 34 heavy (non-hydrogen) atoms. The van der Waals surface area contributed by atoms with E-state index in [1.165, 1.54) is 15.9 Å². The lowest BCUT2D eigenvalue weighted by Gasteiger charge is -2.31. The van der Waals surface area contributed by atoms with E-state index in [2.05, 4.69) is 115 Å². The largest absolute Gasteiger partial charge is 0.150 e. The Bertz CT molecular complexity index is 1310. The summed E-state index contributed by atoms with van der Waals surface area (Å²) in [4.78, 5) is 0. The Labute approximate surface area is 201 Å². The fraction of sp³-hybridized carbons (Fsp3) is 0. The molecule has 0 saturated carbocycles. The number of benzene rings is 5. The maximum absolute atomic E-state index is 5.06. The number of rotatable bonds is 6. The summed E-state index contributed by atoms with van der Waals surface area (Å²) < 4.78 is 0. The molecule has 5 aromatic carbocycles. The Morgan fingerprint density at radius 3 is 1.18 bits per heavy atom. The van der Waals surface area contributed by atoms with Gasteiger partial charge in [-0.15, -0.1) is 5.11 Å². The van der Waals surface area contributed by atoms with Gasteiger partial charge in [-0.2, -0.15) is 5.11 Å². The smallest absolute Gasteiger partial charge is 0.101 e. The first-order valence-electron chi connectivity index (χ1n) is 11.3. The normalized spacial score (nSPS) is 11.4. The van der Waals surface area contributed by atoms with Crippen molar-refractivity contribution in [3.63, 3.8) is 0 Å². The topological polar surface area (TPSA) is 24.7 Å². The molecule has 0 aliphatic heterocycles. The van der Waals surface area contributed by atoms with Crippen molar-refractivity contribution in [3.05, 3.63) is 157 Å². The molecule has 0 aromatic heterocycles. The second-order valence-corrected chi connectivity index (χ2v) is 11.2. The molecule has 0 aliphatic carbocycles. The molecular weight excluding hydrogens is 431 g/mol. The van der Waals surface area contributed by atoms with E-state index in [9.17, 15) is 0 Å². The van der Waals surface area contributed by atoms with Gasteiger partial charge in [-0.05, 0) is 28.0 Å². The molecule has 5 rings (SSSR count). The standard InChI is InChI=1S/C31H25N2P/c1-6-16-26(17-7-1)31(33-32-27-18-8-2-9-19-27)34(28-20-10-3-11-21-28,29-22-12-4-13-23-29)30-24-14-5-15-25-30/h1-25H. The first-order chi connectivity index (χ1) is 16.9. The van der Waals surface area contributed by atoms with E-state index in [1.807, 2.05) is 36.4 Å². The van der Waals surface area contributed by atoms with Crippen LogP contribution in [0.25, 0.3) is 0 Å². The summed E-state index contributed by atoms with van der Waals surface area (Å²) in [6, 6.07) is 52.7. The average Bonchev–Trinajstić information content (AvgIpc) is 2.94. The molecule has 0 saturated heterocycles. The molecule has 3 heteroatoms. The Kier molecular flexibility index (Phi) is 6.61. The van der Waals surface area contributed by atoms with Gasteiger partial charge < -0.3 is 0 Å². The van der Waals surface area contributed by atoms with Crippen LogP contribution in [0.3, 0.4) is 0 Å². The van der Waals surface area contributed by atoms with Gasteiger partial charge in [0.15, 0.2) is 0 Å². The molecule has 0 spiro atoms. The van der Waals surface area contributed by atoms with Crippen molar-refractivity contribution in [2.24, 2.45) is 10.2 Å². The highest BCUT2D eigenvalue weighted by Gasteiger charge is 2.31. The van der Waals surface area contributed by atoms with Gasteiger partial charge in [0.1, 0.15) is 5.42 Å². The van der Waals surface area contributed by atoms with Crippen LogP contribution < -0.4 is 15.9 Å². The van der Waals surface area contributed by atoms with Gasteiger partial charge in [0, 0.05) is 12.4 Å². The predicted octanol–water partition coefficient (Wildman–Crippen LogP) is 6.94. The first-order valence-corrected chi connectivity index (χ1v) is 13.1. The zero-order valence-corrected chi connectivity index (χ0v) is 19.7. The monoisotopic (exact) mass is 456 g/mol. The van der Waals surface area contributed by atoms with Crippen LogP contribution in [0.1, 0.15) is 5.56 Å². The van der Waals surface area contributed by atoms with Gasteiger partial charge in [-0.25, -0.2) is 0 Å². The molecule has 0 unspecified atom stereocenters. The zero-order valence-electron chi connectivity index (χ0n) is 18.8. The quantitative estimate of drug-likeness (QED) is 0.195. The highest BCUT2D eigenvalue weighted by molar-refractivity contribution is 7.95.